The largest absolute Gasteiger partial charge is 0.493 e. The molecule has 0 aliphatic heterocycles. The predicted molar refractivity (Wildman–Crippen MR) is 135 cm³/mol. The van der Waals surface area contributed by atoms with E-state index in [1.165, 1.54) is 0 Å². The van der Waals surface area contributed by atoms with Crippen LogP contribution in [0.25, 0.3) is 28.1 Å². The van der Waals surface area contributed by atoms with Gasteiger partial charge in [0.2, 0.25) is 5.65 Å². The molecule has 9 nitrogen and oxygen atoms in total. The lowest BCUT2D eigenvalue weighted by Gasteiger charge is -2.13. The fourth-order valence-corrected chi connectivity index (χ4v) is 3.95. The SMILES string of the molecule is COc1cc2nc(NCCCCCC(=O)OC(C)C)c3nnc(-c4ccccc4)n3c2cc1OC. The second kappa shape index (κ2) is 11.0. The number of nitrogens with one attached hydrogen (secondary N) is 1. The molecule has 4 aromatic rings. The third kappa shape index (κ3) is 5.45. The average molecular weight is 478 g/mol. The lowest BCUT2D eigenvalue weighted by Crippen LogP contribution is -2.11. The van der Waals surface area contributed by atoms with Crippen LogP contribution in [-0.2, 0) is 9.53 Å². The number of fused-ring (bicyclic) bond motifs is 3. The monoisotopic (exact) mass is 477 g/mol. The number of ether oxygens (including phenoxy) is 3. The number of aromatic nitrogens is 4. The zero-order valence-electron chi connectivity index (χ0n) is 20.6. The molecule has 0 amide bonds. The number of esters is 1. The molecular weight excluding hydrogens is 446 g/mol. The highest BCUT2D eigenvalue weighted by Crippen LogP contribution is 2.34. The minimum atomic E-state index is -0.146. The Morgan fingerprint density at radius 3 is 2.46 bits per heavy atom. The average Bonchev–Trinajstić information content (AvgIpc) is 3.31. The Morgan fingerprint density at radius 1 is 1.00 bits per heavy atom. The first-order valence-electron chi connectivity index (χ1n) is 11.8. The van der Waals surface area contributed by atoms with E-state index in [-0.39, 0.29) is 12.1 Å². The molecule has 0 saturated carbocycles. The highest BCUT2D eigenvalue weighted by Gasteiger charge is 2.18. The first kappa shape index (κ1) is 24.3. The zero-order valence-corrected chi connectivity index (χ0v) is 20.6. The van der Waals surface area contributed by atoms with Gasteiger partial charge in [0, 0.05) is 30.7 Å². The normalized spacial score (nSPS) is 11.2. The minimum absolute atomic E-state index is 0.0759. The molecule has 0 fully saturated rings. The van der Waals surface area contributed by atoms with Gasteiger partial charge in [0.05, 0.1) is 31.4 Å². The number of unbranched alkanes of at least 4 members (excludes halogenated alkanes) is 2. The standard InChI is InChI=1S/C26H31N5O4/c1-17(2)35-23(32)13-9-6-10-14-27-24-26-30-29-25(18-11-7-5-8-12-18)31(26)20-16-22(34-4)21(33-3)15-19(20)28-24/h5,7-8,11-12,15-17H,6,9-10,13-14H2,1-4H3,(H,27,28). The molecule has 0 unspecified atom stereocenters. The highest BCUT2D eigenvalue weighted by molar-refractivity contribution is 5.87. The Balaban J connectivity index is 1.61. The van der Waals surface area contributed by atoms with Gasteiger partial charge in [0.25, 0.3) is 0 Å². The molecule has 0 spiro atoms. The maximum absolute atomic E-state index is 11.7. The molecule has 4 rings (SSSR count). The van der Waals surface area contributed by atoms with Crippen molar-refractivity contribution in [3.63, 3.8) is 0 Å². The van der Waals surface area contributed by atoms with Crippen LogP contribution in [-0.4, -0.2) is 52.4 Å². The molecule has 184 valence electrons. The summed E-state index contributed by atoms with van der Waals surface area (Å²) in [6.45, 7) is 4.41. The Labute approximate surface area is 204 Å². The van der Waals surface area contributed by atoms with E-state index >= 15 is 0 Å². The maximum atomic E-state index is 11.7. The smallest absolute Gasteiger partial charge is 0.306 e. The molecule has 2 aromatic carbocycles. The number of benzene rings is 2. The summed E-state index contributed by atoms with van der Waals surface area (Å²) in [5.74, 6) is 2.41. The van der Waals surface area contributed by atoms with Gasteiger partial charge in [0.1, 0.15) is 0 Å². The molecule has 9 heteroatoms. The number of anilines is 1. The topological polar surface area (TPSA) is 99.9 Å². The van der Waals surface area contributed by atoms with Crippen LogP contribution in [0.2, 0.25) is 0 Å². The fourth-order valence-electron chi connectivity index (χ4n) is 3.95. The lowest BCUT2D eigenvalue weighted by molar-refractivity contribution is -0.147. The Hall–Kier alpha value is -3.88. The predicted octanol–water partition coefficient (Wildman–Crippen LogP) is 4.89. The first-order valence-corrected chi connectivity index (χ1v) is 11.8. The van der Waals surface area contributed by atoms with Gasteiger partial charge < -0.3 is 19.5 Å². The summed E-state index contributed by atoms with van der Waals surface area (Å²) in [5.41, 5.74) is 3.12. The van der Waals surface area contributed by atoms with E-state index in [9.17, 15) is 4.79 Å². The Morgan fingerprint density at radius 2 is 1.74 bits per heavy atom. The third-order valence-electron chi connectivity index (χ3n) is 5.58. The summed E-state index contributed by atoms with van der Waals surface area (Å²) in [6.07, 6.45) is 2.92. The Kier molecular flexibility index (Phi) is 7.64. The summed E-state index contributed by atoms with van der Waals surface area (Å²) in [6, 6.07) is 13.7. The van der Waals surface area contributed by atoms with Crippen molar-refractivity contribution in [3.8, 4) is 22.9 Å². The quantitative estimate of drug-likeness (QED) is 0.241. The number of rotatable bonds is 11. The molecule has 0 saturated heterocycles. The van der Waals surface area contributed by atoms with Gasteiger partial charge in [-0.25, -0.2) is 4.98 Å². The Bertz CT molecular complexity index is 1300. The number of carbonyl (C=O) groups is 1. The molecule has 0 atom stereocenters. The molecule has 35 heavy (non-hydrogen) atoms. The summed E-state index contributed by atoms with van der Waals surface area (Å²) in [7, 11) is 3.21. The van der Waals surface area contributed by atoms with Gasteiger partial charge >= 0.3 is 5.97 Å². The van der Waals surface area contributed by atoms with Crippen LogP contribution in [0.3, 0.4) is 0 Å². The zero-order chi connectivity index (χ0) is 24.8. The third-order valence-corrected chi connectivity index (χ3v) is 5.58. The van der Waals surface area contributed by atoms with Gasteiger partial charge in [-0.15, -0.1) is 10.2 Å². The van der Waals surface area contributed by atoms with E-state index in [2.05, 4.69) is 15.5 Å². The molecule has 0 radical (unpaired) electrons. The van der Waals surface area contributed by atoms with Crippen molar-refractivity contribution < 1.29 is 19.0 Å². The van der Waals surface area contributed by atoms with Crippen LogP contribution in [0.4, 0.5) is 5.82 Å². The van der Waals surface area contributed by atoms with Crippen molar-refractivity contribution in [1.82, 2.24) is 19.6 Å². The number of methoxy groups -OCH3 is 2. The van der Waals surface area contributed by atoms with E-state index in [0.29, 0.717) is 41.8 Å². The molecule has 0 aliphatic rings. The van der Waals surface area contributed by atoms with Crippen LogP contribution in [0.15, 0.2) is 42.5 Å². The van der Waals surface area contributed by atoms with Crippen molar-refractivity contribution >= 4 is 28.5 Å². The van der Waals surface area contributed by atoms with Crippen molar-refractivity contribution in [1.29, 1.82) is 0 Å². The van der Waals surface area contributed by atoms with Gasteiger partial charge in [-0.05, 0) is 26.7 Å². The van der Waals surface area contributed by atoms with Crippen LogP contribution in [0.1, 0.15) is 39.5 Å². The molecular formula is C26H31N5O4. The van der Waals surface area contributed by atoms with Crippen molar-refractivity contribution in [2.24, 2.45) is 0 Å². The van der Waals surface area contributed by atoms with E-state index in [1.54, 1.807) is 14.2 Å². The highest BCUT2D eigenvalue weighted by atomic mass is 16.5. The fraction of sp³-hybridized carbons (Fsp3) is 0.385. The van der Waals surface area contributed by atoms with Gasteiger partial charge in [-0.1, -0.05) is 36.8 Å². The van der Waals surface area contributed by atoms with Crippen LogP contribution in [0.5, 0.6) is 11.5 Å². The first-order chi connectivity index (χ1) is 17.0. The van der Waals surface area contributed by atoms with E-state index in [1.807, 2.05) is 60.7 Å². The number of hydrogen-bond acceptors (Lipinski definition) is 8. The molecule has 1 N–H and O–H groups in total. The molecule has 2 aromatic heterocycles. The number of hydrogen-bond donors (Lipinski definition) is 1. The van der Waals surface area contributed by atoms with Crippen LogP contribution >= 0.6 is 0 Å². The van der Waals surface area contributed by atoms with Gasteiger partial charge in [-0.3, -0.25) is 9.20 Å². The maximum Gasteiger partial charge on any atom is 0.306 e. The summed E-state index contributed by atoms with van der Waals surface area (Å²) >= 11 is 0. The van der Waals surface area contributed by atoms with Crippen molar-refractivity contribution in [2.75, 3.05) is 26.1 Å². The molecule has 2 heterocycles. The van der Waals surface area contributed by atoms with Gasteiger partial charge in [-0.2, -0.15) is 0 Å². The number of nitrogens with zero attached hydrogens (tertiary/aromatic N) is 4. The summed E-state index contributed by atoms with van der Waals surface area (Å²) in [4.78, 5) is 16.5. The second-order valence-corrected chi connectivity index (χ2v) is 8.48. The van der Waals surface area contributed by atoms with Crippen molar-refractivity contribution in [3.05, 3.63) is 42.5 Å². The second-order valence-electron chi connectivity index (χ2n) is 8.48. The minimum Gasteiger partial charge on any atom is -0.493 e. The van der Waals surface area contributed by atoms with Crippen molar-refractivity contribution in [2.45, 2.75) is 45.6 Å². The lowest BCUT2D eigenvalue weighted by atomic mass is 10.2. The van der Waals surface area contributed by atoms with E-state index in [0.717, 1.165) is 35.9 Å². The van der Waals surface area contributed by atoms with Gasteiger partial charge in [0.15, 0.2) is 23.1 Å². The van der Waals surface area contributed by atoms with E-state index in [4.69, 9.17) is 19.2 Å². The van der Waals surface area contributed by atoms with E-state index < -0.39 is 0 Å². The van der Waals surface area contributed by atoms with Crippen LogP contribution < -0.4 is 14.8 Å². The molecule has 0 aliphatic carbocycles. The number of carbonyl (C=O) groups excluding carboxylic acids is 1. The molecule has 0 bridgehead atoms. The summed E-state index contributed by atoms with van der Waals surface area (Å²) < 4.78 is 18.2. The summed E-state index contributed by atoms with van der Waals surface area (Å²) in [5, 5.41) is 12.4. The van der Waals surface area contributed by atoms with Crippen LogP contribution in [0, 0.1) is 0 Å².